The number of likely N-dealkylation sites (tertiary alicyclic amines) is 1. The van der Waals surface area contributed by atoms with Gasteiger partial charge < -0.3 is 25.3 Å². The van der Waals surface area contributed by atoms with Crippen molar-refractivity contribution in [3.63, 3.8) is 0 Å². The zero-order chi connectivity index (χ0) is 36.4. The van der Waals surface area contributed by atoms with Crippen LogP contribution < -0.4 is 5.73 Å². The van der Waals surface area contributed by atoms with Crippen LogP contribution in [-0.4, -0.2) is 58.1 Å². The van der Waals surface area contributed by atoms with E-state index in [0.717, 1.165) is 31.4 Å². The molecule has 11 heteroatoms. The van der Waals surface area contributed by atoms with Crippen LogP contribution in [-0.2, 0) is 11.0 Å². The molecular formula is C40H46ClF3N2O5. The van der Waals surface area contributed by atoms with Crippen LogP contribution in [0.1, 0.15) is 87.8 Å². The Hall–Kier alpha value is -2.92. The third-order valence-corrected chi connectivity index (χ3v) is 15.2. The van der Waals surface area contributed by atoms with Crippen LogP contribution in [0.2, 0.25) is 5.02 Å². The number of carbonyl (C=O) groups excluding carboxylic acids is 2. The number of aliphatic hydroxyl groups excluding tert-OH is 1. The highest BCUT2D eigenvalue weighted by Gasteiger charge is 2.74. The van der Waals surface area contributed by atoms with Gasteiger partial charge >= 0.3 is 6.18 Å². The molecule has 4 fully saturated rings. The molecule has 0 radical (unpaired) electrons. The van der Waals surface area contributed by atoms with E-state index in [1.807, 2.05) is 0 Å². The molecule has 1 amide bonds. The fourth-order valence-corrected chi connectivity index (χ4v) is 12.2. The number of hydrogen-bond donors (Lipinski definition) is 3. The summed E-state index contributed by atoms with van der Waals surface area (Å²) in [6.45, 7) is 6.36. The number of furan rings is 1. The Morgan fingerprint density at radius 2 is 1.67 bits per heavy atom. The van der Waals surface area contributed by atoms with Crippen molar-refractivity contribution in [2.75, 3.05) is 19.6 Å². The molecule has 2 heterocycles. The molecule has 3 saturated carbocycles. The second-order valence-corrected chi connectivity index (χ2v) is 17.4. The Morgan fingerprint density at radius 1 is 0.980 bits per heavy atom. The number of amides is 1. The molecule has 51 heavy (non-hydrogen) atoms. The van der Waals surface area contributed by atoms with Crippen LogP contribution in [0.3, 0.4) is 0 Å². The Kier molecular flexibility index (Phi) is 7.95. The number of piperidine rings is 1. The van der Waals surface area contributed by atoms with Gasteiger partial charge in [0.05, 0.1) is 22.3 Å². The van der Waals surface area contributed by atoms with Gasteiger partial charge in [-0.05, 0) is 118 Å². The van der Waals surface area contributed by atoms with E-state index in [9.17, 15) is 33.0 Å². The highest BCUT2D eigenvalue weighted by atomic mass is 35.5. The first-order valence-corrected chi connectivity index (χ1v) is 18.7. The van der Waals surface area contributed by atoms with Crippen LogP contribution in [0.5, 0.6) is 0 Å². The first kappa shape index (κ1) is 35.1. The highest BCUT2D eigenvalue weighted by Crippen LogP contribution is 2.78. The molecule has 2 spiro atoms. The summed E-state index contributed by atoms with van der Waals surface area (Å²) in [7, 11) is 0. The van der Waals surface area contributed by atoms with Crippen molar-refractivity contribution < 1.29 is 37.4 Å². The monoisotopic (exact) mass is 726 g/mol. The maximum absolute atomic E-state index is 14.9. The number of rotatable bonds is 6. The van der Waals surface area contributed by atoms with Gasteiger partial charge in [0, 0.05) is 39.8 Å². The van der Waals surface area contributed by atoms with Gasteiger partial charge in [-0.3, -0.25) is 9.59 Å². The van der Waals surface area contributed by atoms with Gasteiger partial charge in [0.1, 0.15) is 5.76 Å². The van der Waals surface area contributed by atoms with Crippen molar-refractivity contribution in [2.24, 2.45) is 45.1 Å². The number of alkyl halides is 3. The number of nitrogens with two attached hydrogens (primary N) is 1. The van der Waals surface area contributed by atoms with Crippen molar-refractivity contribution in [3.8, 4) is 11.3 Å². The predicted octanol–water partition coefficient (Wildman–Crippen LogP) is 7.59. The average molecular weight is 727 g/mol. The van der Waals surface area contributed by atoms with Gasteiger partial charge in [0.15, 0.2) is 5.76 Å². The van der Waals surface area contributed by atoms with E-state index in [0.29, 0.717) is 63.7 Å². The highest BCUT2D eigenvalue weighted by molar-refractivity contribution is 6.33. The van der Waals surface area contributed by atoms with Crippen LogP contribution in [0.15, 0.2) is 58.6 Å². The largest absolute Gasteiger partial charge is 0.453 e. The van der Waals surface area contributed by atoms with Crippen LogP contribution in [0.25, 0.3) is 11.3 Å². The number of ketones is 1. The lowest BCUT2D eigenvalue weighted by molar-refractivity contribution is -0.177. The van der Waals surface area contributed by atoms with Crippen molar-refractivity contribution in [2.45, 2.75) is 89.5 Å². The van der Waals surface area contributed by atoms with Crippen molar-refractivity contribution in [1.82, 2.24) is 4.90 Å². The number of aliphatic hydroxyl groups is 2. The molecule has 7 nitrogen and oxygen atoms in total. The molecule has 1 saturated heterocycles. The number of allylic oxidation sites excluding steroid dienone is 4. The molecule has 1 aromatic heterocycles. The molecule has 1 aromatic carbocycles. The van der Waals surface area contributed by atoms with E-state index < -0.39 is 39.7 Å². The first-order valence-electron chi connectivity index (χ1n) is 18.3. The predicted molar refractivity (Wildman–Crippen MR) is 185 cm³/mol. The molecule has 4 N–H and O–H groups in total. The summed E-state index contributed by atoms with van der Waals surface area (Å²) in [6, 6.07) is 6.04. The molecule has 9 rings (SSSR count). The maximum Gasteiger partial charge on any atom is 0.416 e. The molecule has 1 aliphatic heterocycles. The molecule has 2 bridgehead atoms. The number of carbonyl (C=O) groups is 2. The third kappa shape index (κ3) is 4.95. The summed E-state index contributed by atoms with van der Waals surface area (Å²) in [4.78, 5) is 29.0. The second-order valence-electron chi connectivity index (χ2n) is 16.9. The molecule has 1 unspecified atom stereocenters. The summed E-state index contributed by atoms with van der Waals surface area (Å²) in [5.74, 6) is -0.652. The average Bonchev–Trinajstić information content (AvgIpc) is 3.67. The SMILES string of the molecule is C[C@]12CC[C@H]3[C@]4(C=C[C@@]5(C=C4C(=O)c4ccc(-c6cc(C(F)(F)F)ccc6Cl)o4)CC(O)CC[C@]35C)[C@@H]1CC[C@@]2(O)CN1CCC(C(N)=O)CC1. The van der Waals surface area contributed by atoms with Crippen LogP contribution in [0, 0.1) is 39.4 Å². The van der Waals surface area contributed by atoms with E-state index in [-0.39, 0.29) is 57.0 Å². The van der Waals surface area contributed by atoms with Gasteiger partial charge in [-0.15, -0.1) is 0 Å². The minimum Gasteiger partial charge on any atom is -0.453 e. The first-order chi connectivity index (χ1) is 24.0. The number of Topliss-reactive ketones (excluding diaryl/α,β-unsaturated/α-hetero) is 1. The number of benzene rings is 1. The van der Waals surface area contributed by atoms with Gasteiger partial charge in [-0.1, -0.05) is 43.7 Å². The lowest BCUT2D eigenvalue weighted by Gasteiger charge is -2.71. The van der Waals surface area contributed by atoms with E-state index in [1.165, 1.54) is 18.2 Å². The van der Waals surface area contributed by atoms with E-state index >= 15 is 0 Å². The molecule has 8 atom stereocenters. The zero-order valence-corrected chi connectivity index (χ0v) is 29.8. The normalized spacial score (nSPS) is 39.3. The second kappa shape index (κ2) is 11.5. The molecular weight excluding hydrogens is 681 g/mol. The fourth-order valence-electron chi connectivity index (χ4n) is 12.0. The van der Waals surface area contributed by atoms with E-state index in [2.05, 4.69) is 37.0 Å². The molecule has 6 aliphatic carbocycles. The van der Waals surface area contributed by atoms with Gasteiger partial charge in [0.25, 0.3) is 0 Å². The smallest absolute Gasteiger partial charge is 0.416 e. The zero-order valence-electron chi connectivity index (χ0n) is 29.1. The molecule has 7 aliphatic rings. The molecule has 2 aromatic rings. The summed E-state index contributed by atoms with van der Waals surface area (Å²) in [5, 5.41) is 23.8. The number of halogens is 4. The number of hydrogen-bond acceptors (Lipinski definition) is 6. The van der Waals surface area contributed by atoms with Gasteiger partial charge in [-0.2, -0.15) is 13.2 Å². The summed E-state index contributed by atoms with van der Waals surface area (Å²) in [5.41, 5.74) is 2.34. The fraction of sp³-hybridized carbons (Fsp3) is 0.600. The van der Waals surface area contributed by atoms with Crippen molar-refractivity contribution in [1.29, 1.82) is 0 Å². The molecule has 274 valence electrons. The van der Waals surface area contributed by atoms with Gasteiger partial charge in [0.2, 0.25) is 11.7 Å². The Morgan fingerprint density at radius 3 is 2.37 bits per heavy atom. The Bertz CT molecular complexity index is 1850. The van der Waals surface area contributed by atoms with E-state index in [4.69, 9.17) is 21.8 Å². The van der Waals surface area contributed by atoms with Crippen LogP contribution in [0.4, 0.5) is 13.2 Å². The van der Waals surface area contributed by atoms with Crippen LogP contribution >= 0.6 is 11.6 Å². The lowest BCUT2D eigenvalue weighted by atomic mass is 9.32. The standard InChI is InChI=1S/C40H46ClF3N2O5/c1-35-12-7-25(47)20-37(35)15-16-39(27(21-37)33(48)30-6-5-29(51-30)26-19-24(40(42,43)44)3-4-28(26)41)31(35)8-13-36(2)32(39)9-14-38(36,50)22-46-17-10-23(11-18-46)34(45)49/h3-6,15-16,19,21,23,25,31-32,47,50H,7-14,17-18,20,22H2,1-2H3,(H2,45,49)/t25?,31-,32-,35-,36+,37+,38-,39-/m1/s1. The van der Waals surface area contributed by atoms with Gasteiger partial charge in [-0.25, -0.2) is 0 Å². The van der Waals surface area contributed by atoms with Crippen molar-refractivity contribution >= 4 is 23.3 Å². The Labute approximate surface area is 301 Å². The minimum atomic E-state index is -4.58. The summed E-state index contributed by atoms with van der Waals surface area (Å²) in [6.07, 6.45) is 7.67. The Balaban J connectivity index is 1.18. The number of primary amides is 1. The number of fused-ring (bicyclic) bond motifs is 1. The summed E-state index contributed by atoms with van der Waals surface area (Å²) < 4.78 is 46.9. The maximum atomic E-state index is 14.9. The van der Waals surface area contributed by atoms with E-state index in [1.54, 1.807) is 0 Å². The third-order valence-electron chi connectivity index (χ3n) is 14.8. The van der Waals surface area contributed by atoms with Crippen molar-refractivity contribution in [3.05, 3.63) is 70.5 Å². The minimum absolute atomic E-state index is 0.0196. The number of β-amino-alcohol motifs (C(OH)–C–C–N with tert-alkyl or cyclic N) is 1. The number of nitrogens with zero attached hydrogens (tertiary/aromatic N) is 1. The topological polar surface area (TPSA) is 117 Å². The quantitative estimate of drug-likeness (QED) is 0.209. The lowest BCUT2D eigenvalue weighted by Crippen LogP contribution is -2.67. The summed E-state index contributed by atoms with van der Waals surface area (Å²) >= 11 is 6.35.